The van der Waals surface area contributed by atoms with Crippen molar-refractivity contribution in [2.45, 2.75) is 19.6 Å². The second-order valence-electron chi connectivity index (χ2n) is 3.93. The average Bonchev–Trinajstić information content (AvgIpc) is 2.79. The second-order valence-corrected chi connectivity index (χ2v) is 5.50. The Bertz CT molecular complexity index is 659. The van der Waals surface area contributed by atoms with Gasteiger partial charge in [0.2, 0.25) is 5.88 Å². The summed E-state index contributed by atoms with van der Waals surface area (Å²) in [6.45, 7) is 2.17. The number of ether oxygens (including phenoxy) is 1. The van der Waals surface area contributed by atoms with E-state index in [2.05, 4.69) is 29.7 Å². The lowest BCUT2D eigenvalue weighted by Gasteiger charge is -2.12. The van der Waals surface area contributed by atoms with Gasteiger partial charge in [-0.15, -0.1) is 5.10 Å². The Labute approximate surface area is 114 Å². The van der Waals surface area contributed by atoms with Gasteiger partial charge in [-0.05, 0) is 17.4 Å². The van der Waals surface area contributed by atoms with Crippen LogP contribution in [0.5, 0.6) is 11.9 Å². The number of rotatable bonds is 6. The zero-order valence-corrected chi connectivity index (χ0v) is 11.6. The zero-order chi connectivity index (χ0) is 14.6. The maximum absolute atomic E-state index is 11.0. The molecule has 20 heavy (non-hydrogen) atoms. The van der Waals surface area contributed by atoms with Crippen molar-refractivity contribution in [1.82, 2.24) is 30.2 Å². The lowest BCUT2D eigenvalue weighted by Crippen LogP contribution is -2.21. The Morgan fingerprint density at radius 2 is 2.25 bits per heavy atom. The molecule has 0 fully saturated rings. The van der Waals surface area contributed by atoms with Crippen LogP contribution in [0.15, 0.2) is 18.6 Å². The standard InChI is InChI=1S/C9H12N6O4S/c1-7(5-15-6-11-13-14-15)18-9-10-4-3-8(12-9)19-20(2,16)17/h3-4,6-7H,5H2,1-2H3/t7-/m0/s1. The highest BCUT2D eigenvalue weighted by Gasteiger charge is 2.11. The predicted octanol–water partition coefficient (Wildman–Crippen LogP) is -0.731. The van der Waals surface area contributed by atoms with Crippen molar-refractivity contribution in [3.63, 3.8) is 0 Å². The number of tetrazole rings is 1. The SMILES string of the molecule is C[C@@H](Cn1cnnn1)Oc1nccc(OS(C)(=O)=O)n1. The minimum absolute atomic E-state index is 0.00623. The first-order valence-corrected chi connectivity index (χ1v) is 7.34. The smallest absolute Gasteiger partial charge is 0.320 e. The third-order valence-electron chi connectivity index (χ3n) is 1.99. The predicted molar refractivity (Wildman–Crippen MR) is 65.4 cm³/mol. The van der Waals surface area contributed by atoms with Crippen LogP contribution in [-0.4, -0.2) is 51.0 Å². The molecule has 0 unspecified atom stereocenters. The van der Waals surface area contributed by atoms with Gasteiger partial charge in [0.15, 0.2) is 0 Å². The fourth-order valence-corrected chi connectivity index (χ4v) is 1.73. The molecule has 0 N–H and O–H groups in total. The van der Waals surface area contributed by atoms with E-state index >= 15 is 0 Å². The molecule has 11 heteroatoms. The molecule has 2 rings (SSSR count). The second kappa shape index (κ2) is 5.77. The Morgan fingerprint density at radius 3 is 2.90 bits per heavy atom. The van der Waals surface area contributed by atoms with Gasteiger partial charge < -0.3 is 8.92 Å². The summed E-state index contributed by atoms with van der Waals surface area (Å²) in [5.74, 6) is -0.105. The summed E-state index contributed by atoms with van der Waals surface area (Å²) >= 11 is 0. The molecule has 0 saturated heterocycles. The zero-order valence-electron chi connectivity index (χ0n) is 10.7. The summed E-state index contributed by atoms with van der Waals surface area (Å²) in [4.78, 5) is 7.70. The number of hydrogen-bond donors (Lipinski definition) is 0. The third kappa shape index (κ3) is 4.42. The van der Waals surface area contributed by atoms with Crippen molar-refractivity contribution < 1.29 is 17.3 Å². The van der Waals surface area contributed by atoms with Crippen molar-refractivity contribution >= 4 is 10.1 Å². The van der Waals surface area contributed by atoms with Gasteiger partial charge in [-0.3, -0.25) is 0 Å². The molecular formula is C9H12N6O4S. The van der Waals surface area contributed by atoms with E-state index in [-0.39, 0.29) is 18.0 Å². The van der Waals surface area contributed by atoms with E-state index in [1.807, 2.05) is 0 Å². The van der Waals surface area contributed by atoms with Gasteiger partial charge in [-0.25, -0.2) is 9.67 Å². The van der Waals surface area contributed by atoms with Gasteiger partial charge in [-0.2, -0.15) is 13.4 Å². The van der Waals surface area contributed by atoms with E-state index in [1.165, 1.54) is 23.3 Å². The van der Waals surface area contributed by atoms with E-state index in [0.29, 0.717) is 6.54 Å². The van der Waals surface area contributed by atoms with Gasteiger partial charge >= 0.3 is 16.1 Å². The molecule has 10 nitrogen and oxygen atoms in total. The lowest BCUT2D eigenvalue weighted by atomic mass is 10.4. The van der Waals surface area contributed by atoms with Crippen LogP contribution in [0.25, 0.3) is 0 Å². The average molecular weight is 300 g/mol. The summed E-state index contributed by atoms with van der Waals surface area (Å²) in [6, 6.07) is 1.33. The highest BCUT2D eigenvalue weighted by Crippen LogP contribution is 2.13. The Balaban J connectivity index is 2.00. The highest BCUT2D eigenvalue weighted by atomic mass is 32.2. The van der Waals surface area contributed by atoms with Crippen LogP contribution in [0.2, 0.25) is 0 Å². The Hall–Kier alpha value is -2.30. The van der Waals surface area contributed by atoms with Crippen molar-refractivity contribution in [3.8, 4) is 11.9 Å². The number of aromatic nitrogens is 6. The van der Waals surface area contributed by atoms with Crippen LogP contribution in [0.1, 0.15) is 6.92 Å². The summed E-state index contributed by atoms with van der Waals surface area (Å²) in [6.07, 6.45) is 3.40. The van der Waals surface area contributed by atoms with Crippen LogP contribution in [0, 0.1) is 0 Å². The van der Waals surface area contributed by atoms with Crippen LogP contribution < -0.4 is 8.92 Å². The molecule has 0 aliphatic heterocycles. The summed E-state index contributed by atoms with van der Waals surface area (Å²) < 4.78 is 33.5. The molecular weight excluding hydrogens is 288 g/mol. The molecule has 0 saturated carbocycles. The van der Waals surface area contributed by atoms with Crippen LogP contribution in [0.4, 0.5) is 0 Å². The molecule has 2 aromatic rings. The van der Waals surface area contributed by atoms with Crippen molar-refractivity contribution in [2.24, 2.45) is 0 Å². The van der Waals surface area contributed by atoms with Crippen LogP contribution >= 0.6 is 0 Å². The highest BCUT2D eigenvalue weighted by molar-refractivity contribution is 7.86. The van der Waals surface area contributed by atoms with E-state index < -0.39 is 10.1 Å². The van der Waals surface area contributed by atoms with Gasteiger partial charge in [0.05, 0.1) is 12.8 Å². The number of hydrogen-bond acceptors (Lipinski definition) is 9. The molecule has 0 radical (unpaired) electrons. The quantitative estimate of drug-likeness (QED) is 0.635. The first-order valence-electron chi connectivity index (χ1n) is 5.52. The molecule has 0 bridgehead atoms. The molecule has 0 spiro atoms. The van der Waals surface area contributed by atoms with Gasteiger partial charge in [0, 0.05) is 12.3 Å². The van der Waals surface area contributed by atoms with Gasteiger partial charge in [0.25, 0.3) is 0 Å². The molecule has 108 valence electrons. The van der Waals surface area contributed by atoms with Crippen LogP contribution in [0.3, 0.4) is 0 Å². The first kappa shape index (κ1) is 14.1. The molecule has 0 aliphatic rings. The fourth-order valence-electron chi connectivity index (χ4n) is 1.33. The Morgan fingerprint density at radius 1 is 1.45 bits per heavy atom. The number of nitrogens with zero attached hydrogens (tertiary/aromatic N) is 6. The van der Waals surface area contributed by atoms with Crippen molar-refractivity contribution in [2.75, 3.05) is 6.26 Å². The molecule has 1 atom stereocenters. The largest absolute Gasteiger partial charge is 0.458 e. The fraction of sp³-hybridized carbons (Fsp3) is 0.444. The monoisotopic (exact) mass is 300 g/mol. The van der Waals surface area contributed by atoms with E-state index in [4.69, 9.17) is 4.74 Å². The summed E-state index contributed by atoms with van der Waals surface area (Å²) in [7, 11) is -3.64. The summed E-state index contributed by atoms with van der Waals surface area (Å²) in [5, 5.41) is 10.7. The summed E-state index contributed by atoms with van der Waals surface area (Å²) in [5.41, 5.74) is 0. The van der Waals surface area contributed by atoms with E-state index in [9.17, 15) is 8.42 Å². The minimum atomic E-state index is -3.64. The van der Waals surface area contributed by atoms with E-state index in [1.54, 1.807) is 6.92 Å². The molecule has 2 aromatic heterocycles. The molecule has 0 aliphatic carbocycles. The van der Waals surface area contributed by atoms with Crippen LogP contribution in [-0.2, 0) is 16.7 Å². The molecule has 0 aromatic carbocycles. The molecule has 2 heterocycles. The normalized spacial score (nSPS) is 12.9. The maximum Gasteiger partial charge on any atom is 0.320 e. The minimum Gasteiger partial charge on any atom is -0.458 e. The van der Waals surface area contributed by atoms with E-state index in [0.717, 1.165) is 6.26 Å². The van der Waals surface area contributed by atoms with Gasteiger partial charge in [-0.1, -0.05) is 0 Å². The first-order chi connectivity index (χ1) is 9.42. The lowest BCUT2D eigenvalue weighted by molar-refractivity contribution is 0.176. The maximum atomic E-state index is 11.0. The van der Waals surface area contributed by atoms with Crippen molar-refractivity contribution in [3.05, 3.63) is 18.6 Å². The molecule has 0 amide bonds. The third-order valence-corrected chi connectivity index (χ3v) is 2.46. The van der Waals surface area contributed by atoms with Gasteiger partial charge in [0.1, 0.15) is 12.4 Å². The topological polar surface area (TPSA) is 122 Å². The Kier molecular flexibility index (Phi) is 4.08. The van der Waals surface area contributed by atoms with Crippen molar-refractivity contribution in [1.29, 1.82) is 0 Å².